The van der Waals surface area contributed by atoms with Gasteiger partial charge in [-0.05, 0) is 50.9 Å². The first-order chi connectivity index (χ1) is 10.4. The quantitative estimate of drug-likeness (QED) is 0.884. The van der Waals surface area contributed by atoms with E-state index in [0.29, 0.717) is 18.4 Å². The minimum atomic E-state index is 0.590. The van der Waals surface area contributed by atoms with Crippen LogP contribution in [0.1, 0.15) is 19.8 Å². The molecule has 1 aliphatic rings. The molecule has 0 aliphatic carbocycles. The minimum Gasteiger partial charge on any atom is -0.475 e. The highest BCUT2D eigenvalue weighted by Gasteiger charge is 2.15. The predicted octanol–water partition coefficient (Wildman–Crippen LogP) is 2.44. The number of fused-ring (bicyclic) bond motifs is 1. The number of hydrogen-bond donors (Lipinski definition) is 2. The van der Waals surface area contributed by atoms with Gasteiger partial charge in [0, 0.05) is 6.54 Å². The normalized spacial score (nSPS) is 18.6. The van der Waals surface area contributed by atoms with E-state index in [0.717, 1.165) is 36.5 Å². The molecule has 1 atom stereocenters. The second kappa shape index (κ2) is 6.72. The van der Waals surface area contributed by atoms with Gasteiger partial charge >= 0.3 is 0 Å². The van der Waals surface area contributed by atoms with Crippen molar-refractivity contribution >= 4 is 16.9 Å². The molecule has 0 bridgehead atoms. The lowest BCUT2D eigenvalue weighted by molar-refractivity contribution is 0.328. The third-order valence-electron chi connectivity index (χ3n) is 3.78. The monoisotopic (exact) mass is 286 g/mol. The van der Waals surface area contributed by atoms with Gasteiger partial charge in [-0.1, -0.05) is 12.1 Å². The Hall–Kier alpha value is -1.88. The molecule has 0 unspecified atom stereocenters. The summed E-state index contributed by atoms with van der Waals surface area (Å²) in [5.74, 6) is 1.99. The summed E-state index contributed by atoms with van der Waals surface area (Å²) in [6.07, 6.45) is 2.50. The molecule has 0 spiro atoms. The Balaban J connectivity index is 1.79. The molecule has 112 valence electrons. The first-order valence-electron chi connectivity index (χ1n) is 7.71. The van der Waals surface area contributed by atoms with Crippen molar-refractivity contribution in [3.8, 4) is 5.88 Å². The Morgan fingerprint density at radius 3 is 2.81 bits per heavy atom. The van der Waals surface area contributed by atoms with Crippen molar-refractivity contribution in [3.05, 3.63) is 24.3 Å². The fourth-order valence-corrected chi connectivity index (χ4v) is 2.68. The van der Waals surface area contributed by atoms with Crippen LogP contribution in [0.25, 0.3) is 11.0 Å². The van der Waals surface area contributed by atoms with Crippen molar-refractivity contribution < 1.29 is 4.74 Å². The van der Waals surface area contributed by atoms with E-state index in [-0.39, 0.29) is 0 Å². The van der Waals surface area contributed by atoms with Crippen LogP contribution in [0.3, 0.4) is 0 Å². The standard InChI is InChI=1S/C16H22N4O/c1-2-21-16-15(18-11-12-6-5-9-17-10-12)19-13-7-3-4-8-14(13)20-16/h3-4,7-8,12,17H,2,5-6,9-11H2,1H3,(H,18,19)/t12-/m0/s1. The number of nitrogens with zero attached hydrogens (tertiary/aromatic N) is 2. The van der Waals surface area contributed by atoms with Gasteiger partial charge in [-0.25, -0.2) is 9.97 Å². The van der Waals surface area contributed by atoms with Gasteiger partial charge in [-0.15, -0.1) is 0 Å². The lowest BCUT2D eigenvalue weighted by Gasteiger charge is -2.23. The molecule has 0 saturated carbocycles. The van der Waals surface area contributed by atoms with E-state index in [2.05, 4.69) is 20.6 Å². The fourth-order valence-electron chi connectivity index (χ4n) is 2.68. The number of para-hydroxylation sites is 2. The highest BCUT2D eigenvalue weighted by Crippen LogP contribution is 2.24. The van der Waals surface area contributed by atoms with Crippen LogP contribution in [0, 0.1) is 5.92 Å². The van der Waals surface area contributed by atoms with Gasteiger partial charge in [0.1, 0.15) is 0 Å². The summed E-state index contributed by atoms with van der Waals surface area (Å²) < 4.78 is 5.63. The smallest absolute Gasteiger partial charge is 0.258 e. The van der Waals surface area contributed by atoms with Crippen LogP contribution in [0.2, 0.25) is 0 Å². The van der Waals surface area contributed by atoms with Crippen LogP contribution in [0.5, 0.6) is 5.88 Å². The lowest BCUT2D eigenvalue weighted by atomic mass is 10.00. The number of ether oxygens (including phenoxy) is 1. The molecule has 3 rings (SSSR count). The molecule has 1 fully saturated rings. The second-order valence-electron chi connectivity index (χ2n) is 5.39. The Kier molecular flexibility index (Phi) is 4.50. The van der Waals surface area contributed by atoms with Crippen molar-refractivity contribution in [1.82, 2.24) is 15.3 Å². The Morgan fingerprint density at radius 1 is 1.29 bits per heavy atom. The molecule has 1 aromatic heterocycles. The summed E-state index contributed by atoms with van der Waals surface area (Å²) in [6, 6.07) is 7.88. The molecule has 5 heteroatoms. The van der Waals surface area contributed by atoms with Crippen LogP contribution < -0.4 is 15.4 Å². The first kappa shape index (κ1) is 14.1. The van der Waals surface area contributed by atoms with E-state index in [4.69, 9.17) is 4.74 Å². The number of rotatable bonds is 5. The molecule has 1 saturated heterocycles. The molecule has 0 radical (unpaired) electrons. The molecular weight excluding hydrogens is 264 g/mol. The van der Waals surface area contributed by atoms with Crippen molar-refractivity contribution in [2.75, 3.05) is 31.6 Å². The number of hydrogen-bond acceptors (Lipinski definition) is 5. The van der Waals surface area contributed by atoms with Gasteiger partial charge in [0.15, 0.2) is 5.82 Å². The van der Waals surface area contributed by atoms with Crippen molar-refractivity contribution in [2.45, 2.75) is 19.8 Å². The third kappa shape index (κ3) is 3.42. The first-order valence-corrected chi connectivity index (χ1v) is 7.71. The number of benzene rings is 1. The largest absolute Gasteiger partial charge is 0.475 e. The van der Waals surface area contributed by atoms with Crippen molar-refractivity contribution in [3.63, 3.8) is 0 Å². The summed E-state index contributed by atoms with van der Waals surface area (Å²) in [7, 11) is 0. The zero-order chi connectivity index (χ0) is 14.5. The molecule has 1 aliphatic heterocycles. The summed E-state index contributed by atoms with van der Waals surface area (Å²) >= 11 is 0. The van der Waals surface area contributed by atoms with Gasteiger partial charge < -0.3 is 15.4 Å². The number of piperidine rings is 1. The van der Waals surface area contributed by atoms with Crippen molar-refractivity contribution in [2.24, 2.45) is 5.92 Å². The third-order valence-corrected chi connectivity index (χ3v) is 3.78. The van der Waals surface area contributed by atoms with E-state index in [1.165, 1.54) is 12.8 Å². The molecule has 1 aromatic carbocycles. The van der Waals surface area contributed by atoms with Crippen LogP contribution in [0.4, 0.5) is 5.82 Å². The van der Waals surface area contributed by atoms with Gasteiger partial charge in [-0.3, -0.25) is 0 Å². The number of aromatic nitrogens is 2. The number of nitrogens with one attached hydrogen (secondary N) is 2. The van der Waals surface area contributed by atoms with E-state index < -0.39 is 0 Å². The average molecular weight is 286 g/mol. The predicted molar refractivity (Wildman–Crippen MR) is 84.8 cm³/mol. The van der Waals surface area contributed by atoms with Crippen LogP contribution >= 0.6 is 0 Å². The zero-order valence-electron chi connectivity index (χ0n) is 12.4. The van der Waals surface area contributed by atoms with Crippen LogP contribution in [0.15, 0.2) is 24.3 Å². The van der Waals surface area contributed by atoms with Crippen LogP contribution in [-0.2, 0) is 0 Å². The fraction of sp³-hybridized carbons (Fsp3) is 0.500. The van der Waals surface area contributed by atoms with E-state index in [1.54, 1.807) is 0 Å². The topological polar surface area (TPSA) is 59.1 Å². The molecular formula is C16H22N4O. The number of anilines is 1. The van der Waals surface area contributed by atoms with Gasteiger partial charge in [0.05, 0.1) is 17.6 Å². The van der Waals surface area contributed by atoms with Gasteiger partial charge in [0.25, 0.3) is 5.88 Å². The molecule has 0 amide bonds. The highest BCUT2D eigenvalue weighted by atomic mass is 16.5. The maximum atomic E-state index is 5.63. The molecule has 5 nitrogen and oxygen atoms in total. The minimum absolute atomic E-state index is 0.590. The summed E-state index contributed by atoms with van der Waals surface area (Å²) in [6.45, 7) is 5.66. The Labute approximate surface area is 125 Å². The lowest BCUT2D eigenvalue weighted by Crippen LogP contribution is -2.33. The molecule has 21 heavy (non-hydrogen) atoms. The van der Waals surface area contributed by atoms with E-state index >= 15 is 0 Å². The summed E-state index contributed by atoms with van der Waals surface area (Å²) in [5.41, 5.74) is 1.76. The summed E-state index contributed by atoms with van der Waals surface area (Å²) in [4.78, 5) is 9.22. The SMILES string of the molecule is CCOc1nc2ccccc2nc1NC[C@H]1CCCNC1. The maximum Gasteiger partial charge on any atom is 0.258 e. The average Bonchev–Trinajstić information content (AvgIpc) is 2.54. The Morgan fingerprint density at radius 2 is 2.10 bits per heavy atom. The molecule has 2 heterocycles. The van der Waals surface area contributed by atoms with E-state index in [9.17, 15) is 0 Å². The zero-order valence-corrected chi connectivity index (χ0v) is 12.4. The van der Waals surface area contributed by atoms with Crippen molar-refractivity contribution in [1.29, 1.82) is 0 Å². The molecule has 2 aromatic rings. The van der Waals surface area contributed by atoms with Gasteiger partial charge in [-0.2, -0.15) is 0 Å². The summed E-state index contributed by atoms with van der Waals surface area (Å²) in [5, 5.41) is 6.85. The Bertz CT molecular complexity index is 596. The maximum absolute atomic E-state index is 5.63. The second-order valence-corrected chi connectivity index (χ2v) is 5.39. The van der Waals surface area contributed by atoms with Crippen LogP contribution in [-0.4, -0.2) is 36.2 Å². The highest BCUT2D eigenvalue weighted by molar-refractivity contribution is 5.77. The van der Waals surface area contributed by atoms with E-state index in [1.807, 2.05) is 31.2 Å². The van der Waals surface area contributed by atoms with Gasteiger partial charge in [0.2, 0.25) is 0 Å². The molecule has 2 N–H and O–H groups in total.